The van der Waals surface area contributed by atoms with Gasteiger partial charge in [0.1, 0.15) is 5.82 Å². The van der Waals surface area contributed by atoms with E-state index in [2.05, 4.69) is 10.2 Å². The number of carbonyl (C=O) groups excluding carboxylic acids is 1. The van der Waals surface area contributed by atoms with E-state index >= 15 is 0 Å². The summed E-state index contributed by atoms with van der Waals surface area (Å²) in [4.78, 5) is 23.6. The lowest BCUT2D eigenvalue weighted by molar-refractivity contribution is -0.193. The van der Waals surface area contributed by atoms with Crippen LogP contribution in [0.25, 0.3) is 0 Å². The third kappa shape index (κ3) is 3.38. The van der Waals surface area contributed by atoms with Crippen LogP contribution in [0.15, 0.2) is 12.1 Å². The molecule has 10 heteroatoms. The number of aliphatic carboxylic acids is 1. The SMILES string of the molecule is CN(C)C(=O)c1ccc(NC(C)(C(=O)O)C(F)(F)F)nn1. The molecule has 0 aliphatic carbocycles. The first-order valence-electron chi connectivity index (χ1n) is 5.62. The first kappa shape index (κ1) is 16.7. The standard InChI is InChI=1S/C11H13F3N4O3/c1-10(9(20)21,11(12,13)14)15-7-5-4-6(16-17-7)8(19)18(2)3/h4-5H,1-3H3,(H,15,17)(H,20,21). The van der Waals surface area contributed by atoms with E-state index in [0.717, 1.165) is 12.1 Å². The number of carbonyl (C=O) groups is 2. The Morgan fingerprint density at radius 2 is 1.81 bits per heavy atom. The number of halogens is 3. The Hall–Kier alpha value is -2.39. The van der Waals surface area contributed by atoms with E-state index in [4.69, 9.17) is 5.11 Å². The Morgan fingerprint density at radius 1 is 1.24 bits per heavy atom. The van der Waals surface area contributed by atoms with Crippen LogP contribution in [0.2, 0.25) is 0 Å². The third-order valence-corrected chi connectivity index (χ3v) is 2.66. The summed E-state index contributed by atoms with van der Waals surface area (Å²) in [6.45, 7) is 0.468. The minimum atomic E-state index is -5.04. The van der Waals surface area contributed by atoms with Crippen molar-refractivity contribution < 1.29 is 27.9 Å². The van der Waals surface area contributed by atoms with Crippen LogP contribution in [-0.4, -0.2) is 57.9 Å². The molecule has 0 fully saturated rings. The third-order valence-electron chi connectivity index (χ3n) is 2.66. The smallest absolute Gasteiger partial charge is 0.422 e. The van der Waals surface area contributed by atoms with Gasteiger partial charge in [0.15, 0.2) is 5.69 Å². The molecular weight excluding hydrogens is 293 g/mol. The molecule has 1 atom stereocenters. The molecule has 1 rings (SSSR count). The number of amides is 1. The number of alkyl halides is 3. The molecule has 0 aliphatic heterocycles. The van der Waals surface area contributed by atoms with Gasteiger partial charge in [0, 0.05) is 14.1 Å². The second-order valence-electron chi connectivity index (χ2n) is 4.56. The lowest BCUT2D eigenvalue weighted by Gasteiger charge is -2.28. The summed E-state index contributed by atoms with van der Waals surface area (Å²) in [5.41, 5.74) is -3.29. The van der Waals surface area contributed by atoms with Crippen molar-refractivity contribution in [3.05, 3.63) is 17.8 Å². The van der Waals surface area contributed by atoms with Crippen LogP contribution in [0.5, 0.6) is 0 Å². The average Bonchev–Trinajstić information content (AvgIpc) is 2.37. The number of hydrogen-bond donors (Lipinski definition) is 2. The van der Waals surface area contributed by atoms with Gasteiger partial charge in [-0.05, 0) is 19.1 Å². The van der Waals surface area contributed by atoms with Gasteiger partial charge in [0.25, 0.3) is 5.91 Å². The van der Waals surface area contributed by atoms with Gasteiger partial charge in [-0.25, -0.2) is 4.79 Å². The minimum Gasteiger partial charge on any atom is -0.479 e. The van der Waals surface area contributed by atoms with Crippen molar-refractivity contribution >= 4 is 17.7 Å². The molecule has 2 N–H and O–H groups in total. The molecule has 0 radical (unpaired) electrons. The van der Waals surface area contributed by atoms with Crippen molar-refractivity contribution in [1.82, 2.24) is 15.1 Å². The summed E-state index contributed by atoms with van der Waals surface area (Å²) < 4.78 is 38.4. The predicted molar refractivity (Wildman–Crippen MR) is 65.8 cm³/mol. The number of carboxylic acid groups (broad SMARTS) is 1. The summed E-state index contributed by atoms with van der Waals surface area (Å²) in [5, 5.41) is 17.4. The van der Waals surface area contributed by atoms with E-state index in [1.54, 1.807) is 5.32 Å². The molecule has 1 amide bonds. The lowest BCUT2D eigenvalue weighted by atomic mass is 10.0. The molecule has 0 saturated carbocycles. The summed E-state index contributed by atoms with van der Waals surface area (Å²) in [6, 6.07) is 2.20. The minimum absolute atomic E-state index is 0.0745. The Bertz CT molecular complexity index is 545. The van der Waals surface area contributed by atoms with E-state index < -0.39 is 29.4 Å². The maximum Gasteiger partial charge on any atom is 0.422 e. The molecule has 0 bridgehead atoms. The highest BCUT2D eigenvalue weighted by molar-refractivity contribution is 5.92. The number of nitrogens with zero attached hydrogens (tertiary/aromatic N) is 3. The molecule has 1 heterocycles. The van der Waals surface area contributed by atoms with Gasteiger partial charge < -0.3 is 15.3 Å². The normalized spacial score (nSPS) is 14.2. The highest BCUT2D eigenvalue weighted by Crippen LogP contribution is 2.33. The quantitative estimate of drug-likeness (QED) is 0.861. The number of anilines is 1. The van der Waals surface area contributed by atoms with Crippen molar-refractivity contribution in [3.63, 3.8) is 0 Å². The van der Waals surface area contributed by atoms with Crippen LogP contribution >= 0.6 is 0 Å². The Balaban J connectivity index is 3.03. The van der Waals surface area contributed by atoms with Gasteiger partial charge in [-0.2, -0.15) is 13.2 Å². The first-order chi connectivity index (χ1) is 9.49. The molecule has 116 valence electrons. The fourth-order valence-corrected chi connectivity index (χ4v) is 1.24. The summed E-state index contributed by atoms with van der Waals surface area (Å²) in [7, 11) is 2.95. The largest absolute Gasteiger partial charge is 0.479 e. The zero-order chi connectivity index (χ0) is 16.4. The summed E-state index contributed by atoms with van der Waals surface area (Å²) in [5.74, 6) is -3.00. The lowest BCUT2D eigenvalue weighted by Crippen LogP contribution is -2.55. The molecule has 0 aromatic carbocycles. The molecule has 21 heavy (non-hydrogen) atoms. The van der Waals surface area contributed by atoms with Crippen molar-refractivity contribution in [2.45, 2.75) is 18.6 Å². The molecule has 1 unspecified atom stereocenters. The molecule has 1 aromatic heterocycles. The van der Waals surface area contributed by atoms with Crippen molar-refractivity contribution in [2.24, 2.45) is 0 Å². The van der Waals surface area contributed by atoms with Crippen LogP contribution in [0, 0.1) is 0 Å². The Kier molecular flexibility index (Phi) is 4.40. The number of carboxylic acids is 1. The number of hydrogen-bond acceptors (Lipinski definition) is 5. The van der Waals surface area contributed by atoms with E-state index in [9.17, 15) is 22.8 Å². The highest BCUT2D eigenvalue weighted by atomic mass is 19.4. The summed E-state index contributed by atoms with van der Waals surface area (Å²) >= 11 is 0. The van der Waals surface area contributed by atoms with Gasteiger partial charge in [-0.15, -0.1) is 10.2 Å². The number of nitrogens with one attached hydrogen (secondary N) is 1. The second kappa shape index (κ2) is 5.54. The number of aromatic nitrogens is 2. The van der Waals surface area contributed by atoms with Crippen LogP contribution in [-0.2, 0) is 4.79 Å². The maximum atomic E-state index is 12.8. The first-order valence-corrected chi connectivity index (χ1v) is 5.62. The van der Waals surface area contributed by atoms with E-state index in [1.165, 1.54) is 19.0 Å². The monoisotopic (exact) mass is 306 g/mol. The highest BCUT2D eigenvalue weighted by Gasteiger charge is 2.57. The Labute approximate surface area is 117 Å². The Morgan fingerprint density at radius 3 is 2.14 bits per heavy atom. The second-order valence-corrected chi connectivity index (χ2v) is 4.56. The predicted octanol–water partition coefficient (Wildman–Crippen LogP) is 0.996. The van der Waals surface area contributed by atoms with Crippen LogP contribution < -0.4 is 5.32 Å². The molecule has 1 aromatic rings. The molecule has 0 saturated heterocycles. The fraction of sp³-hybridized carbons (Fsp3) is 0.455. The topological polar surface area (TPSA) is 95.4 Å². The van der Waals surface area contributed by atoms with Gasteiger partial charge >= 0.3 is 12.1 Å². The van der Waals surface area contributed by atoms with Crippen molar-refractivity contribution in [1.29, 1.82) is 0 Å². The zero-order valence-corrected chi connectivity index (χ0v) is 11.4. The molecule has 0 aliphatic rings. The van der Waals surface area contributed by atoms with Gasteiger partial charge in [-0.1, -0.05) is 0 Å². The number of rotatable bonds is 4. The van der Waals surface area contributed by atoms with Crippen LogP contribution in [0.3, 0.4) is 0 Å². The van der Waals surface area contributed by atoms with Gasteiger partial charge in [0.05, 0.1) is 0 Å². The van der Waals surface area contributed by atoms with Gasteiger partial charge in [0.2, 0.25) is 5.54 Å². The van der Waals surface area contributed by atoms with E-state index in [1.807, 2.05) is 0 Å². The zero-order valence-electron chi connectivity index (χ0n) is 11.4. The molecule has 0 spiro atoms. The van der Waals surface area contributed by atoms with E-state index in [0.29, 0.717) is 6.92 Å². The van der Waals surface area contributed by atoms with Crippen LogP contribution in [0.4, 0.5) is 19.0 Å². The van der Waals surface area contributed by atoms with Crippen molar-refractivity contribution in [3.8, 4) is 0 Å². The summed E-state index contributed by atoms with van der Waals surface area (Å²) in [6.07, 6.45) is -5.04. The fourth-order valence-electron chi connectivity index (χ4n) is 1.24. The van der Waals surface area contributed by atoms with E-state index in [-0.39, 0.29) is 5.69 Å². The van der Waals surface area contributed by atoms with Crippen molar-refractivity contribution in [2.75, 3.05) is 19.4 Å². The van der Waals surface area contributed by atoms with Gasteiger partial charge in [-0.3, -0.25) is 4.79 Å². The maximum absolute atomic E-state index is 12.8. The van der Waals surface area contributed by atoms with Crippen LogP contribution in [0.1, 0.15) is 17.4 Å². The molecule has 7 nitrogen and oxygen atoms in total. The average molecular weight is 306 g/mol. The molecular formula is C11H13F3N4O3.